The Hall–Kier alpha value is -2.05. The summed E-state index contributed by atoms with van der Waals surface area (Å²) in [6.07, 6.45) is 2.37. The van der Waals surface area contributed by atoms with Crippen LogP contribution in [0.15, 0.2) is 46.0 Å². The number of benzene rings is 2. The van der Waals surface area contributed by atoms with Crippen LogP contribution in [0, 0.1) is 0 Å². The number of amides is 1. The molecule has 1 N–H and O–H groups in total. The van der Waals surface area contributed by atoms with Crippen LogP contribution in [0.4, 0.5) is 0 Å². The van der Waals surface area contributed by atoms with Gasteiger partial charge in [0.1, 0.15) is 0 Å². The van der Waals surface area contributed by atoms with E-state index in [0.717, 1.165) is 6.42 Å². The smallest absolute Gasteiger partial charge is 0.272 e. The largest absolute Gasteiger partial charge is 0.493 e. The Kier molecular flexibility index (Phi) is 7.48. The predicted octanol–water partition coefficient (Wildman–Crippen LogP) is 5.05. The topological polar surface area (TPSA) is 59.9 Å². The lowest BCUT2D eigenvalue weighted by atomic mass is 10.2. The summed E-state index contributed by atoms with van der Waals surface area (Å²) in [6.45, 7) is 3.99. The van der Waals surface area contributed by atoms with E-state index in [1.165, 1.54) is 6.21 Å². The summed E-state index contributed by atoms with van der Waals surface area (Å²) in [4.78, 5) is 12.1. The molecule has 138 valence electrons. The zero-order valence-electron chi connectivity index (χ0n) is 14.8. The first-order valence-corrected chi connectivity index (χ1v) is 9.25. The van der Waals surface area contributed by atoms with E-state index in [2.05, 4.69) is 26.5 Å². The quantitative estimate of drug-likeness (QED) is 0.485. The number of halogens is 2. The zero-order valence-corrected chi connectivity index (χ0v) is 17.1. The molecule has 26 heavy (non-hydrogen) atoms. The van der Waals surface area contributed by atoms with E-state index >= 15 is 0 Å². The second-order valence-electron chi connectivity index (χ2n) is 5.55. The van der Waals surface area contributed by atoms with Crippen LogP contribution in [0.5, 0.6) is 11.5 Å². The Morgan fingerprint density at radius 1 is 1.38 bits per heavy atom. The lowest BCUT2D eigenvalue weighted by Gasteiger charge is -2.17. The molecule has 0 radical (unpaired) electrons. The highest BCUT2D eigenvalue weighted by molar-refractivity contribution is 9.10. The minimum atomic E-state index is -0.316. The van der Waals surface area contributed by atoms with Crippen LogP contribution in [0.2, 0.25) is 5.02 Å². The molecular formula is C19H20BrClN2O3. The number of carbonyl (C=O) groups excluding carboxylic acids is 1. The molecule has 0 saturated carbocycles. The van der Waals surface area contributed by atoms with Gasteiger partial charge in [-0.1, -0.05) is 30.7 Å². The molecule has 1 amide bonds. The van der Waals surface area contributed by atoms with E-state index in [0.29, 0.717) is 32.1 Å². The summed E-state index contributed by atoms with van der Waals surface area (Å²) in [5, 5.41) is 4.40. The van der Waals surface area contributed by atoms with Gasteiger partial charge in [-0.2, -0.15) is 5.10 Å². The maximum atomic E-state index is 12.1. The van der Waals surface area contributed by atoms with E-state index in [1.54, 1.807) is 37.4 Å². The Morgan fingerprint density at radius 3 is 2.77 bits per heavy atom. The molecule has 0 fully saturated rings. The van der Waals surface area contributed by atoms with Gasteiger partial charge in [-0.15, -0.1) is 0 Å². The van der Waals surface area contributed by atoms with Gasteiger partial charge in [-0.3, -0.25) is 4.79 Å². The van der Waals surface area contributed by atoms with Crippen LogP contribution in [-0.2, 0) is 0 Å². The van der Waals surface area contributed by atoms with Crippen molar-refractivity contribution in [3.8, 4) is 11.5 Å². The number of methoxy groups -OCH3 is 1. The maximum Gasteiger partial charge on any atom is 0.272 e. The van der Waals surface area contributed by atoms with Crippen molar-refractivity contribution in [2.75, 3.05) is 7.11 Å². The van der Waals surface area contributed by atoms with Gasteiger partial charge in [0.05, 0.1) is 30.0 Å². The molecule has 1 atom stereocenters. The second kappa shape index (κ2) is 9.59. The molecule has 7 heteroatoms. The van der Waals surface area contributed by atoms with Gasteiger partial charge in [-0.05, 0) is 59.1 Å². The van der Waals surface area contributed by atoms with Crippen molar-refractivity contribution >= 4 is 39.7 Å². The molecule has 0 aliphatic carbocycles. The fraction of sp³-hybridized carbons (Fsp3) is 0.263. The monoisotopic (exact) mass is 438 g/mol. The van der Waals surface area contributed by atoms with Gasteiger partial charge >= 0.3 is 0 Å². The molecule has 2 aromatic carbocycles. The molecule has 5 nitrogen and oxygen atoms in total. The van der Waals surface area contributed by atoms with Crippen molar-refractivity contribution in [3.05, 3.63) is 57.0 Å². The van der Waals surface area contributed by atoms with E-state index in [9.17, 15) is 4.79 Å². The van der Waals surface area contributed by atoms with Crippen LogP contribution in [0.25, 0.3) is 0 Å². The third-order valence-corrected chi connectivity index (χ3v) is 4.62. The van der Waals surface area contributed by atoms with Gasteiger partial charge in [0.25, 0.3) is 5.91 Å². The number of carbonyl (C=O) groups is 1. The molecule has 2 rings (SSSR count). The molecule has 0 aliphatic heterocycles. The van der Waals surface area contributed by atoms with Gasteiger partial charge in [0, 0.05) is 4.47 Å². The number of hydrazone groups is 1. The third kappa shape index (κ3) is 5.22. The van der Waals surface area contributed by atoms with Crippen molar-refractivity contribution in [1.29, 1.82) is 0 Å². The number of nitrogens with zero attached hydrogens (tertiary/aromatic N) is 1. The molecule has 0 saturated heterocycles. The average Bonchev–Trinajstić information content (AvgIpc) is 2.63. The third-order valence-electron chi connectivity index (χ3n) is 3.64. The maximum absolute atomic E-state index is 12.1. The second-order valence-corrected chi connectivity index (χ2v) is 6.81. The summed E-state index contributed by atoms with van der Waals surface area (Å²) in [7, 11) is 1.55. The minimum absolute atomic E-state index is 0.0181. The lowest BCUT2D eigenvalue weighted by molar-refractivity contribution is 0.0954. The first-order valence-electron chi connectivity index (χ1n) is 8.08. The molecule has 0 spiro atoms. The number of rotatable bonds is 7. The van der Waals surface area contributed by atoms with Crippen molar-refractivity contribution in [2.45, 2.75) is 26.4 Å². The number of hydrogen-bond acceptors (Lipinski definition) is 4. The minimum Gasteiger partial charge on any atom is -0.493 e. The molecule has 0 aromatic heterocycles. The van der Waals surface area contributed by atoms with E-state index in [4.69, 9.17) is 21.1 Å². The summed E-state index contributed by atoms with van der Waals surface area (Å²) in [6, 6.07) is 10.6. The SMILES string of the molecule is CC[C@H](C)Oc1c(Cl)cc(/C=N\NC(=O)c2ccccc2Br)cc1OC. The van der Waals surface area contributed by atoms with Crippen LogP contribution in [-0.4, -0.2) is 25.3 Å². The van der Waals surface area contributed by atoms with Crippen molar-refractivity contribution < 1.29 is 14.3 Å². The van der Waals surface area contributed by atoms with Gasteiger partial charge in [0.2, 0.25) is 0 Å². The number of hydrogen-bond donors (Lipinski definition) is 1. The summed E-state index contributed by atoms with van der Waals surface area (Å²) in [5.74, 6) is 0.692. The van der Waals surface area contributed by atoms with Crippen LogP contribution in [0.3, 0.4) is 0 Å². The Bertz CT molecular complexity index is 811. The highest BCUT2D eigenvalue weighted by atomic mass is 79.9. The fourth-order valence-electron chi connectivity index (χ4n) is 2.08. The Labute approximate surface area is 166 Å². The molecule has 2 aromatic rings. The number of nitrogens with one attached hydrogen (secondary N) is 1. The highest BCUT2D eigenvalue weighted by Gasteiger charge is 2.14. The molecular weight excluding hydrogens is 420 g/mol. The first kappa shape index (κ1) is 20.3. The summed E-state index contributed by atoms with van der Waals surface area (Å²) >= 11 is 9.65. The summed E-state index contributed by atoms with van der Waals surface area (Å²) in [5.41, 5.74) is 3.66. The van der Waals surface area contributed by atoms with Gasteiger partial charge in [0.15, 0.2) is 11.5 Å². The predicted molar refractivity (Wildman–Crippen MR) is 108 cm³/mol. The van der Waals surface area contributed by atoms with Crippen molar-refractivity contribution in [2.24, 2.45) is 5.10 Å². The van der Waals surface area contributed by atoms with Crippen LogP contribution in [0.1, 0.15) is 36.2 Å². The van der Waals surface area contributed by atoms with E-state index in [-0.39, 0.29) is 12.0 Å². The summed E-state index contributed by atoms with van der Waals surface area (Å²) < 4.78 is 11.9. The first-order chi connectivity index (χ1) is 12.5. The fourth-order valence-corrected chi connectivity index (χ4v) is 2.81. The standard InChI is InChI=1S/C19H20BrClN2O3/c1-4-12(2)26-18-16(21)9-13(10-17(18)25-3)11-22-23-19(24)14-7-5-6-8-15(14)20/h5-12H,4H2,1-3H3,(H,23,24)/b22-11-/t12-/m0/s1. The molecule has 0 bridgehead atoms. The normalized spacial score (nSPS) is 12.0. The van der Waals surface area contributed by atoms with Crippen molar-refractivity contribution in [3.63, 3.8) is 0 Å². The van der Waals surface area contributed by atoms with Gasteiger partial charge in [-0.25, -0.2) is 5.43 Å². The van der Waals surface area contributed by atoms with E-state index < -0.39 is 0 Å². The molecule has 0 unspecified atom stereocenters. The Morgan fingerprint density at radius 2 is 2.12 bits per heavy atom. The highest BCUT2D eigenvalue weighted by Crippen LogP contribution is 2.37. The molecule has 0 aliphatic rings. The average molecular weight is 440 g/mol. The number of ether oxygens (including phenoxy) is 2. The lowest BCUT2D eigenvalue weighted by Crippen LogP contribution is -2.18. The Balaban J connectivity index is 2.14. The van der Waals surface area contributed by atoms with Gasteiger partial charge < -0.3 is 9.47 Å². The molecule has 0 heterocycles. The van der Waals surface area contributed by atoms with E-state index in [1.807, 2.05) is 19.9 Å². The van der Waals surface area contributed by atoms with Crippen molar-refractivity contribution in [1.82, 2.24) is 5.43 Å². The van der Waals surface area contributed by atoms with Crippen LogP contribution >= 0.6 is 27.5 Å². The zero-order chi connectivity index (χ0) is 19.1. The van der Waals surface area contributed by atoms with Crippen LogP contribution < -0.4 is 14.9 Å².